The average molecular weight is 262 g/mol. The fourth-order valence-corrected chi connectivity index (χ4v) is 2.80. The normalized spacial score (nSPS) is 23.1. The van der Waals surface area contributed by atoms with Crippen LogP contribution in [0.25, 0.3) is 0 Å². The number of nitrogens with zero attached hydrogens (tertiary/aromatic N) is 3. The summed E-state index contributed by atoms with van der Waals surface area (Å²) in [4.78, 5) is 9.18. The van der Waals surface area contributed by atoms with Gasteiger partial charge in [-0.15, -0.1) is 0 Å². The molecule has 1 saturated heterocycles. The summed E-state index contributed by atoms with van der Waals surface area (Å²) >= 11 is 0. The van der Waals surface area contributed by atoms with Gasteiger partial charge in [-0.05, 0) is 32.5 Å². The van der Waals surface area contributed by atoms with E-state index < -0.39 is 0 Å². The Morgan fingerprint density at radius 1 is 1.42 bits per heavy atom. The van der Waals surface area contributed by atoms with Gasteiger partial charge in [0.1, 0.15) is 5.82 Å². The minimum Gasteiger partial charge on any atom is -0.370 e. The quantitative estimate of drug-likeness (QED) is 0.882. The van der Waals surface area contributed by atoms with E-state index in [-0.39, 0.29) is 0 Å². The van der Waals surface area contributed by atoms with Crippen molar-refractivity contribution in [3.05, 3.63) is 18.3 Å². The van der Waals surface area contributed by atoms with Gasteiger partial charge in [0.05, 0.1) is 0 Å². The third kappa shape index (κ3) is 3.38. The van der Waals surface area contributed by atoms with E-state index in [0.29, 0.717) is 12.0 Å². The zero-order valence-electron chi connectivity index (χ0n) is 12.6. The van der Waals surface area contributed by atoms with Crippen molar-refractivity contribution < 1.29 is 0 Å². The van der Waals surface area contributed by atoms with Crippen LogP contribution in [0.1, 0.15) is 20.3 Å². The highest BCUT2D eigenvalue weighted by Crippen LogP contribution is 2.26. The standard InChI is InChI=1S/C15H26N4/c1-5-7-16-15-9-13(6-8-17-15)19-10-12(2)14(11-19)18(3)4/h6,8-9,12,14H,5,7,10-11H2,1-4H3,(H,16,17). The van der Waals surface area contributed by atoms with Gasteiger partial charge in [0, 0.05) is 43.6 Å². The summed E-state index contributed by atoms with van der Waals surface area (Å²) in [5.74, 6) is 1.69. The Morgan fingerprint density at radius 3 is 2.84 bits per heavy atom. The average Bonchev–Trinajstić information content (AvgIpc) is 2.79. The molecule has 1 aliphatic rings. The number of likely N-dealkylation sites (N-methyl/N-ethyl adjacent to an activating group) is 1. The van der Waals surface area contributed by atoms with Crippen molar-refractivity contribution in [2.45, 2.75) is 26.3 Å². The van der Waals surface area contributed by atoms with E-state index in [1.807, 2.05) is 6.20 Å². The summed E-state index contributed by atoms with van der Waals surface area (Å²) in [5.41, 5.74) is 1.28. The van der Waals surface area contributed by atoms with Gasteiger partial charge in [0.25, 0.3) is 0 Å². The summed E-state index contributed by atoms with van der Waals surface area (Å²) in [7, 11) is 4.34. The summed E-state index contributed by atoms with van der Waals surface area (Å²) in [6, 6.07) is 4.92. The highest BCUT2D eigenvalue weighted by Gasteiger charge is 2.31. The van der Waals surface area contributed by atoms with Crippen LogP contribution in [-0.4, -0.2) is 49.7 Å². The number of nitrogens with one attached hydrogen (secondary N) is 1. The number of anilines is 2. The van der Waals surface area contributed by atoms with Crippen molar-refractivity contribution in [1.82, 2.24) is 9.88 Å². The number of rotatable bonds is 5. The molecular weight excluding hydrogens is 236 g/mol. The van der Waals surface area contributed by atoms with Crippen LogP contribution in [-0.2, 0) is 0 Å². The molecule has 4 heteroatoms. The first-order chi connectivity index (χ1) is 9.11. The molecule has 19 heavy (non-hydrogen) atoms. The second kappa shape index (κ2) is 6.24. The first-order valence-electron chi connectivity index (χ1n) is 7.23. The molecule has 1 aromatic rings. The Labute approximate surface area is 116 Å². The smallest absolute Gasteiger partial charge is 0.127 e. The number of hydrogen-bond donors (Lipinski definition) is 1. The maximum atomic E-state index is 4.37. The molecule has 0 saturated carbocycles. The largest absolute Gasteiger partial charge is 0.370 e. The minimum absolute atomic E-state index is 0.639. The van der Waals surface area contributed by atoms with Crippen molar-refractivity contribution in [3.63, 3.8) is 0 Å². The van der Waals surface area contributed by atoms with Crippen LogP contribution in [0.2, 0.25) is 0 Å². The molecule has 0 aromatic carbocycles. The Hall–Kier alpha value is -1.29. The zero-order chi connectivity index (χ0) is 13.8. The van der Waals surface area contributed by atoms with Crippen molar-refractivity contribution >= 4 is 11.5 Å². The molecule has 0 radical (unpaired) electrons. The first-order valence-corrected chi connectivity index (χ1v) is 7.23. The molecule has 0 spiro atoms. The van der Waals surface area contributed by atoms with Gasteiger partial charge in [-0.1, -0.05) is 13.8 Å². The van der Waals surface area contributed by atoms with Gasteiger partial charge in [-0.2, -0.15) is 0 Å². The van der Waals surface area contributed by atoms with E-state index in [1.165, 1.54) is 5.69 Å². The molecule has 0 amide bonds. The van der Waals surface area contributed by atoms with Gasteiger partial charge in [-0.3, -0.25) is 0 Å². The molecule has 1 aliphatic heterocycles. The lowest BCUT2D eigenvalue weighted by Gasteiger charge is -2.23. The van der Waals surface area contributed by atoms with Gasteiger partial charge in [0.15, 0.2) is 0 Å². The van der Waals surface area contributed by atoms with Crippen LogP contribution in [0.15, 0.2) is 18.3 Å². The lowest BCUT2D eigenvalue weighted by atomic mass is 10.1. The van der Waals surface area contributed by atoms with E-state index in [4.69, 9.17) is 0 Å². The van der Waals surface area contributed by atoms with E-state index in [2.05, 4.69) is 60.2 Å². The molecule has 4 nitrogen and oxygen atoms in total. The topological polar surface area (TPSA) is 31.4 Å². The molecule has 1 N–H and O–H groups in total. The van der Waals surface area contributed by atoms with Crippen molar-refractivity contribution in [3.8, 4) is 0 Å². The second-order valence-electron chi connectivity index (χ2n) is 5.74. The van der Waals surface area contributed by atoms with Crippen LogP contribution in [0.4, 0.5) is 11.5 Å². The molecule has 2 heterocycles. The van der Waals surface area contributed by atoms with E-state index in [9.17, 15) is 0 Å². The Balaban J connectivity index is 2.06. The van der Waals surface area contributed by atoms with Crippen molar-refractivity contribution in [2.75, 3.05) is 43.9 Å². The van der Waals surface area contributed by atoms with Crippen molar-refractivity contribution in [2.24, 2.45) is 5.92 Å². The highest BCUT2D eigenvalue weighted by atomic mass is 15.2. The third-order valence-corrected chi connectivity index (χ3v) is 3.90. The van der Waals surface area contributed by atoms with Gasteiger partial charge in [-0.25, -0.2) is 4.98 Å². The molecule has 106 valence electrons. The number of aromatic nitrogens is 1. The van der Waals surface area contributed by atoms with Gasteiger partial charge >= 0.3 is 0 Å². The van der Waals surface area contributed by atoms with Gasteiger partial charge < -0.3 is 15.1 Å². The predicted molar refractivity (Wildman–Crippen MR) is 81.9 cm³/mol. The first kappa shape index (κ1) is 14.1. The molecular formula is C15H26N4. The van der Waals surface area contributed by atoms with Crippen LogP contribution in [0.3, 0.4) is 0 Å². The van der Waals surface area contributed by atoms with E-state index >= 15 is 0 Å². The third-order valence-electron chi connectivity index (χ3n) is 3.90. The molecule has 1 aromatic heterocycles. The minimum atomic E-state index is 0.639. The summed E-state index contributed by atoms with van der Waals surface area (Å²) < 4.78 is 0. The monoisotopic (exact) mass is 262 g/mol. The predicted octanol–water partition coefficient (Wildman–Crippen LogP) is 2.29. The maximum Gasteiger partial charge on any atom is 0.127 e. The number of pyridine rings is 1. The number of hydrogen-bond acceptors (Lipinski definition) is 4. The molecule has 0 aliphatic carbocycles. The maximum absolute atomic E-state index is 4.37. The highest BCUT2D eigenvalue weighted by molar-refractivity contribution is 5.54. The van der Waals surface area contributed by atoms with Gasteiger partial charge in [0.2, 0.25) is 0 Å². The lowest BCUT2D eigenvalue weighted by molar-refractivity contribution is 0.266. The second-order valence-corrected chi connectivity index (χ2v) is 5.74. The molecule has 1 fully saturated rings. The van der Waals surface area contributed by atoms with Crippen molar-refractivity contribution in [1.29, 1.82) is 0 Å². The van der Waals surface area contributed by atoms with Crippen LogP contribution in [0, 0.1) is 5.92 Å². The van der Waals surface area contributed by atoms with E-state index in [0.717, 1.165) is 31.9 Å². The van der Waals surface area contributed by atoms with Crippen LogP contribution in [0.5, 0.6) is 0 Å². The van der Waals surface area contributed by atoms with E-state index in [1.54, 1.807) is 0 Å². The van der Waals surface area contributed by atoms with Crippen LogP contribution < -0.4 is 10.2 Å². The molecule has 2 unspecified atom stereocenters. The Bertz CT molecular complexity index is 405. The fraction of sp³-hybridized carbons (Fsp3) is 0.667. The summed E-state index contributed by atoms with van der Waals surface area (Å²) in [6.07, 6.45) is 3.02. The molecule has 0 bridgehead atoms. The Kier molecular flexibility index (Phi) is 4.64. The molecule has 2 rings (SSSR count). The van der Waals surface area contributed by atoms with Crippen LogP contribution >= 0.6 is 0 Å². The molecule has 2 atom stereocenters. The summed E-state index contributed by atoms with van der Waals surface area (Å²) in [6.45, 7) is 7.71. The zero-order valence-corrected chi connectivity index (χ0v) is 12.6. The lowest BCUT2D eigenvalue weighted by Crippen LogP contribution is -2.34. The SMILES string of the molecule is CCCNc1cc(N2CC(C)C(N(C)C)C2)ccn1. The fourth-order valence-electron chi connectivity index (χ4n) is 2.80. The Morgan fingerprint density at radius 2 is 2.21 bits per heavy atom. The summed E-state index contributed by atoms with van der Waals surface area (Å²) in [5, 5.41) is 3.36.